The molecule has 0 unspecified atom stereocenters. The summed E-state index contributed by atoms with van der Waals surface area (Å²) in [6.07, 6.45) is 0. The smallest absolute Gasteiger partial charge is 0.0410 e. The van der Waals surface area contributed by atoms with Crippen LogP contribution in [0.5, 0.6) is 0 Å². The summed E-state index contributed by atoms with van der Waals surface area (Å²) in [4.78, 5) is 0. The van der Waals surface area contributed by atoms with Gasteiger partial charge in [-0.05, 0) is 23.8 Å². The Morgan fingerprint density at radius 2 is 2.17 bits per heavy atom. The van der Waals surface area contributed by atoms with Crippen molar-refractivity contribution in [3.8, 4) is 0 Å². The Hall–Kier alpha value is -0.690. The topological polar surface area (TPSA) is 12.0 Å². The van der Waals surface area contributed by atoms with E-state index in [9.17, 15) is 0 Å². The van der Waals surface area contributed by atoms with Gasteiger partial charge in [0.2, 0.25) is 0 Å². The number of benzene rings is 1. The van der Waals surface area contributed by atoms with Crippen molar-refractivity contribution in [2.75, 3.05) is 11.9 Å². The molecule has 1 aromatic carbocycles. The van der Waals surface area contributed by atoms with Gasteiger partial charge in [-0.15, -0.1) is 0 Å². The normalized spacial score (nSPS) is 18.6. The molecular weight excluding hydrogens is 170 g/mol. The van der Waals surface area contributed by atoms with E-state index >= 15 is 0 Å². The van der Waals surface area contributed by atoms with Crippen LogP contribution in [-0.2, 0) is 5.41 Å². The lowest BCUT2D eigenvalue weighted by Crippen LogP contribution is -2.18. The molecule has 0 fully saturated rings. The monoisotopic (exact) mass is 181 g/mol. The Labute approximate surface area is 77.7 Å². The highest BCUT2D eigenvalue weighted by atomic mass is 35.5. The van der Waals surface area contributed by atoms with E-state index < -0.39 is 0 Å². The molecule has 1 aromatic rings. The molecule has 0 atom stereocenters. The van der Waals surface area contributed by atoms with Crippen LogP contribution in [0.15, 0.2) is 18.2 Å². The van der Waals surface area contributed by atoms with Crippen molar-refractivity contribution in [3.05, 3.63) is 28.8 Å². The molecule has 64 valence electrons. The van der Waals surface area contributed by atoms with Crippen molar-refractivity contribution in [2.45, 2.75) is 19.3 Å². The minimum Gasteiger partial charge on any atom is -0.384 e. The fraction of sp³-hybridized carbons (Fsp3) is 0.400. The minimum atomic E-state index is 0.222. The molecule has 0 aromatic heterocycles. The summed E-state index contributed by atoms with van der Waals surface area (Å²) in [6.45, 7) is 5.45. The van der Waals surface area contributed by atoms with Crippen molar-refractivity contribution >= 4 is 17.3 Å². The predicted octanol–water partition coefficient (Wildman–Crippen LogP) is 3.04. The van der Waals surface area contributed by atoms with Crippen LogP contribution in [0.2, 0.25) is 5.02 Å². The van der Waals surface area contributed by atoms with Crippen molar-refractivity contribution in [3.63, 3.8) is 0 Å². The van der Waals surface area contributed by atoms with Crippen molar-refractivity contribution < 1.29 is 0 Å². The van der Waals surface area contributed by atoms with E-state index in [1.807, 2.05) is 12.1 Å². The highest BCUT2D eigenvalue weighted by molar-refractivity contribution is 6.30. The molecule has 1 nitrogen and oxygen atoms in total. The lowest BCUT2D eigenvalue weighted by molar-refractivity contribution is 0.586. The zero-order valence-electron chi connectivity index (χ0n) is 7.32. The highest BCUT2D eigenvalue weighted by Crippen LogP contribution is 2.37. The van der Waals surface area contributed by atoms with Crippen LogP contribution in [0.1, 0.15) is 19.4 Å². The molecular formula is C10H12ClN. The second kappa shape index (κ2) is 2.40. The van der Waals surface area contributed by atoms with Gasteiger partial charge in [0.25, 0.3) is 0 Å². The SMILES string of the molecule is CC1(C)CNc2ccc(Cl)cc21. The van der Waals surface area contributed by atoms with Crippen LogP contribution >= 0.6 is 11.6 Å². The van der Waals surface area contributed by atoms with Gasteiger partial charge >= 0.3 is 0 Å². The number of hydrogen-bond donors (Lipinski definition) is 1. The molecule has 0 spiro atoms. The van der Waals surface area contributed by atoms with E-state index in [-0.39, 0.29) is 5.41 Å². The Morgan fingerprint density at radius 1 is 1.42 bits per heavy atom. The quantitative estimate of drug-likeness (QED) is 0.649. The Kier molecular flexibility index (Phi) is 1.58. The number of halogens is 1. The van der Waals surface area contributed by atoms with Crippen molar-refractivity contribution in [1.29, 1.82) is 0 Å². The first-order chi connectivity index (χ1) is 5.59. The van der Waals surface area contributed by atoms with E-state index in [2.05, 4.69) is 25.2 Å². The Bertz CT molecular complexity index is 318. The van der Waals surface area contributed by atoms with Gasteiger partial charge in [-0.25, -0.2) is 0 Å². The second-order valence-electron chi connectivity index (χ2n) is 3.93. The van der Waals surface area contributed by atoms with E-state index in [0.717, 1.165) is 11.6 Å². The average Bonchev–Trinajstić information content (AvgIpc) is 2.28. The highest BCUT2D eigenvalue weighted by Gasteiger charge is 2.29. The maximum absolute atomic E-state index is 5.92. The van der Waals surface area contributed by atoms with Gasteiger partial charge in [0.05, 0.1) is 0 Å². The Balaban J connectivity index is 2.57. The molecule has 2 rings (SSSR count). The maximum Gasteiger partial charge on any atom is 0.0410 e. The third-order valence-electron chi connectivity index (χ3n) is 2.43. The fourth-order valence-electron chi connectivity index (χ4n) is 1.64. The van der Waals surface area contributed by atoms with Gasteiger partial charge in [-0.1, -0.05) is 25.4 Å². The molecule has 0 radical (unpaired) electrons. The second-order valence-corrected chi connectivity index (χ2v) is 4.36. The number of nitrogens with one attached hydrogen (secondary N) is 1. The van der Waals surface area contributed by atoms with Gasteiger partial charge in [0, 0.05) is 22.7 Å². The molecule has 0 bridgehead atoms. The van der Waals surface area contributed by atoms with E-state index in [1.54, 1.807) is 0 Å². The molecule has 1 heterocycles. The molecule has 2 heteroatoms. The number of rotatable bonds is 0. The number of fused-ring (bicyclic) bond motifs is 1. The van der Waals surface area contributed by atoms with Crippen LogP contribution < -0.4 is 5.32 Å². The molecule has 0 aliphatic carbocycles. The van der Waals surface area contributed by atoms with E-state index in [4.69, 9.17) is 11.6 Å². The van der Waals surface area contributed by atoms with Crippen molar-refractivity contribution in [2.24, 2.45) is 0 Å². The van der Waals surface area contributed by atoms with Gasteiger partial charge in [0.15, 0.2) is 0 Å². The first-order valence-electron chi connectivity index (χ1n) is 4.13. The number of anilines is 1. The molecule has 0 amide bonds. The predicted molar refractivity (Wildman–Crippen MR) is 53.0 cm³/mol. The largest absolute Gasteiger partial charge is 0.384 e. The van der Waals surface area contributed by atoms with Crippen LogP contribution in [0.25, 0.3) is 0 Å². The third-order valence-corrected chi connectivity index (χ3v) is 2.67. The standard InChI is InChI=1S/C10H12ClN/c1-10(2)6-12-9-4-3-7(11)5-8(9)10/h3-5,12H,6H2,1-2H3. The summed E-state index contributed by atoms with van der Waals surface area (Å²) >= 11 is 5.92. The molecule has 12 heavy (non-hydrogen) atoms. The van der Waals surface area contributed by atoms with Gasteiger partial charge < -0.3 is 5.32 Å². The fourth-order valence-corrected chi connectivity index (χ4v) is 1.81. The third kappa shape index (κ3) is 1.09. The average molecular weight is 182 g/mol. The summed E-state index contributed by atoms with van der Waals surface area (Å²) in [6, 6.07) is 6.03. The van der Waals surface area contributed by atoms with Crippen LogP contribution in [0, 0.1) is 0 Å². The summed E-state index contributed by atoms with van der Waals surface area (Å²) < 4.78 is 0. The summed E-state index contributed by atoms with van der Waals surface area (Å²) in [7, 11) is 0. The zero-order chi connectivity index (χ0) is 8.77. The Morgan fingerprint density at radius 3 is 2.92 bits per heavy atom. The lowest BCUT2D eigenvalue weighted by Gasteiger charge is -2.16. The van der Waals surface area contributed by atoms with Gasteiger partial charge in [-0.2, -0.15) is 0 Å². The molecule has 0 saturated heterocycles. The maximum atomic E-state index is 5.92. The van der Waals surface area contributed by atoms with E-state index in [0.29, 0.717) is 0 Å². The molecule has 1 aliphatic rings. The van der Waals surface area contributed by atoms with Gasteiger partial charge in [0.1, 0.15) is 0 Å². The van der Waals surface area contributed by atoms with E-state index in [1.165, 1.54) is 11.3 Å². The first kappa shape index (κ1) is 7.93. The lowest BCUT2D eigenvalue weighted by atomic mass is 9.87. The summed E-state index contributed by atoms with van der Waals surface area (Å²) in [5, 5.41) is 4.18. The number of hydrogen-bond acceptors (Lipinski definition) is 1. The summed E-state index contributed by atoms with van der Waals surface area (Å²) in [5.74, 6) is 0. The zero-order valence-corrected chi connectivity index (χ0v) is 8.07. The summed E-state index contributed by atoms with van der Waals surface area (Å²) in [5.41, 5.74) is 2.78. The van der Waals surface area contributed by atoms with Crippen LogP contribution in [-0.4, -0.2) is 6.54 Å². The minimum absolute atomic E-state index is 0.222. The van der Waals surface area contributed by atoms with Crippen LogP contribution in [0.4, 0.5) is 5.69 Å². The molecule has 1 aliphatic heterocycles. The van der Waals surface area contributed by atoms with Gasteiger partial charge in [-0.3, -0.25) is 0 Å². The molecule has 0 saturated carbocycles. The van der Waals surface area contributed by atoms with Crippen molar-refractivity contribution in [1.82, 2.24) is 0 Å². The first-order valence-corrected chi connectivity index (χ1v) is 4.51. The molecule has 1 N–H and O–H groups in total. The van der Waals surface area contributed by atoms with Crippen LogP contribution in [0.3, 0.4) is 0 Å².